The lowest BCUT2D eigenvalue weighted by molar-refractivity contribution is -0.673. The predicted molar refractivity (Wildman–Crippen MR) is 105 cm³/mol. The van der Waals surface area contributed by atoms with Crippen LogP contribution in [-0.4, -0.2) is 9.13 Å². The molecule has 0 N–H and O–H groups in total. The largest absolute Gasteiger partial charge is 0.341 e. The van der Waals surface area contributed by atoms with Crippen LogP contribution in [0.4, 0.5) is 0 Å². The average molecular weight is 393 g/mol. The fraction of sp³-hybridized carbons (Fsp3) is 0.190. The third-order valence-corrected chi connectivity index (χ3v) is 5.14. The normalized spacial score (nSPS) is 11.0. The molecule has 4 heteroatoms. The van der Waals surface area contributed by atoms with E-state index in [0.29, 0.717) is 0 Å². The summed E-state index contributed by atoms with van der Waals surface area (Å²) in [5, 5.41) is 2.51. The van der Waals surface area contributed by atoms with Crippen LogP contribution in [0.15, 0.2) is 53.3 Å². The zero-order chi connectivity index (χ0) is 17.6. The molecule has 0 saturated carbocycles. The van der Waals surface area contributed by atoms with Gasteiger partial charge in [-0.2, -0.15) is 0 Å². The number of hydrogen-bond donors (Lipinski definition) is 0. The highest BCUT2D eigenvalue weighted by molar-refractivity contribution is 9.10. The maximum Gasteiger partial charge on any atom is 0.335 e. The minimum atomic E-state index is 0.950. The molecular formula is C21H19BrN3+. The number of rotatable bonds is 1. The molecule has 0 unspecified atom stereocenters. The van der Waals surface area contributed by atoms with E-state index in [0.717, 1.165) is 22.4 Å². The minimum absolute atomic E-state index is 0.950. The first-order valence-corrected chi connectivity index (χ1v) is 9.12. The van der Waals surface area contributed by atoms with E-state index in [2.05, 4.69) is 75.7 Å². The number of nitrogens with zero attached hydrogens (tertiary/aromatic N) is 3. The second-order valence-electron chi connectivity index (χ2n) is 6.23. The molecule has 0 fully saturated rings. The molecule has 2 aromatic carbocycles. The highest BCUT2D eigenvalue weighted by atomic mass is 79.9. The second-order valence-corrected chi connectivity index (χ2v) is 7.15. The predicted octanol–water partition coefficient (Wildman–Crippen LogP) is 4.14. The van der Waals surface area contributed by atoms with Crippen molar-refractivity contribution in [3.05, 3.63) is 64.7 Å². The molecule has 0 bridgehead atoms. The van der Waals surface area contributed by atoms with Crippen LogP contribution in [0.3, 0.4) is 0 Å². The van der Waals surface area contributed by atoms with Crippen molar-refractivity contribution in [3.8, 4) is 11.8 Å². The molecule has 124 valence electrons. The number of halogens is 1. The summed E-state index contributed by atoms with van der Waals surface area (Å²) in [6, 6.07) is 13.0. The summed E-state index contributed by atoms with van der Waals surface area (Å²) in [5.74, 6) is 7.58. The summed E-state index contributed by atoms with van der Waals surface area (Å²) in [6.07, 6.45) is 4.03. The second kappa shape index (κ2) is 6.09. The molecule has 0 saturated heterocycles. The Balaban J connectivity index is 1.91. The monoisotopic (exact) mass is 392 g/mol. The minimum Gasteiger partial charge on any atom is -0.341 e. The lowest BCUT2D eigenvalue weighted by Crippen LogP contribution is -2.30. The highest BCUT2D eigenvalue weighted by Crippen LogP contribution is 2.31. The quantitative estimate of drug-likeness (QED) is 0.341. The molecule has 4 aromatic rings. The molecule has 0 spiro atoms. The zero-order valence-corrected chi connectivity index (χ0v) is 16.1. The van der Waals surface area contributed by atoms with E-state index in [1.54, 1.807) is 0 Å². The van der Waals surface area contributed by atoms with Crippen molar-refractivity contribution in [2.24, 2.45) is 14.1 Å². The van der Waals surface area contributed by atoms with Crippen LogP contribution in [0.5, 0.6) is 0 Å². The summed E-state index contributed by atoms with van der Waals surface area (Å²) >= 11 is 3.60. The number of fused-ring (bicyclic) bond motifs is 3. The molecule has 0 amide bonds. The molecule has 2 aromatic heterocycles. The Hall–Kier alpha value is -2.51. The molecule has 0 radical (unpaired) electrons. The zero-order valence-electron chi connectivity index (χ0n) is 14.5. The summed E-state index contributed by atoms with van der Waals surface area (Å²) in [7, 11) is 4.03. The van der Waals surface area contributed by atoms with E-state index in [1.165, 1.54) is 21.8 Å². The lowest BCUT2D eigenvalue weighted by Gasteiger charge is -2.02. The van der Waals surface area contributed by atoms with Gasteiger partial charge in [0.2, 0.25) is 0 Å². The number of aromatic nitrogens is 3. The molecule has 0 atom stereocenters. The van der Waals surface area contributed by atoms with E-state index >= 15 is 0 Å². The first-order valence-electron chi connectivity index (χ1n) is 8.33. The van der Waals surface area contributed by atoms with Gasteiger partial charge in [-0.25, -0.2) is 9.13 Å². The summed E-state index contributed by atoms with van der Waals surface area (Å²) in [4.78, 5) is 0. The maximum absolute atomic E-state index is 3.60. The third-order valence-electron chi connectivity index (χ3n) is 4.64. The fourth-order valence-electron chi connectivity index (χ4n) is 3.39. The number of hydrogen-bond acceptors (Lipinski definition) is 0. The standard InChI is InChI=1S/C21H19BrN3/c1-4-25-19-8-5-15(6-10-21-23(2)11-12-24(21)3)13-17(19)18-14-16(22)7-9-20(18)25/h5,7-9,11-14H,4H2,1-3H3/q+1. The number of benzene rings is 2. The van der Waals surface area contributed by atoms with Gasteiger partial charge in [0.25, 0.3) is 0 Å². The van der Waals surface area contributed by atoms with Crippen LogP contribution >= 0.6 is 15.9 Å². The van der Waals surface area contributed by atoms with Crippen molar-refractivity contribution in [2.75, 3.05) is 0 Å². The third kappa shape index (κ3) is 2.65. The Morgan fingerprint density at radius 1 is 1.04 bits per heavy atom. The summed E-state index contributed by atoms with van der Waals surface area (Å²) in [5.41, 5.74) is 3.55. The molecule has 2 heterocycles. The first kappa shape index (κ1) is 16.0. The lowest BCUT2D eigenvalue weighted by atomic mass is 10.1. The maximum atomic E-state index is 3.60. The molecule has 4 rings (SSSR count). The van der Waals surface area contributed by atoms with Crippen LogP contribution < -0.4 is 4.57 Å². The van der Waals surface area contributed by atoms with Crippen LogP contribution in [0.2, 0.25) is 0 Å². The number of imidazole rings is 1. The fourth-order valence-corrected chi connectivity index (χ4v) is 3.75. The highest BCUT2D eigenvalue weighted by Gasteiger charge is 2.11. The van der Waals surface area contributed by atoms with E-state index in [1.807, 2.05) is 35.6 Å². The van der Waals surface area contributed by atoms with Gasteiger partial charge in [-0.1, -0.05) is 21.9 Å². The molecule has 0 aliphatic carbocycles. The van der Waals surface area contributed by atoms with Crippen LogP contribution in [-0.2, 0) is 20.6 Å². The van der Waals surface area contributed by atoms with E-state index in [-0.39, 0.29) is 0 Å². The van der Waals surface area contributed by atoms with Crippen LogP contribution in [0.25, 0.3) is 21.8 Å². The van der Waals surface area contributed by atoms with Crippen molar-refractivity contribution < 1.29 is 4.57 Å². The van der Waals surface area contributed by atoms with Gasteiger partial charge in [0.15, 0.2) is 0 Å². The van der Waals surface area contributed by atoms with Crippen molar-refractivity contribution >= 4 is 37.7 Å². The van der Waals surface area contributed by atoms with Gasteiger partial charge < -0.3 is 4.57 Å². The SMILES string of the molecule is CCn1c2ccc(Br)cc2c2cc(C#Cc3n(C)cc[n+]3C)ccc21. The van der Waals surface area contributed by atoms with E-state index < -0.39 is 0 Å². The topological polar surface area (TPSA) is 13.7 Å². The molecule has 25 heavy (non-hydrogen) atoms. The molecule has 0 aliphatic heterocycles. The van der Waals surface area contributed by atoms with Crippen molar-refractivity contribution in [3.63, 3.8) is 0 Å². The number of aryl methyl sites for hydroxylation is 3. The van der Waals surface area contributed by atoms with Gasteiger partial charge in [0.1, 0.15) is 12.4 Å². The molecular weight excluding hydrogens is 374 g/mol. The summed E-state index contributed by atoms with van der Waals surface area (Å²) in [6.45, 7) is 3.13. The Morgan fingerprint density at radius 2 is 1.76 bits per heavy atom. The van der Waals surface area contributed by atoms with Gasteiger partial charge in [-0.05, 0) is 43.3 Å². The smallest absolute Gasteiger partial charge is 0.335 e. The van der Waals surface area contributed by atoms with Crippen LogP contribution in [0, 0.1) is 11.8 Å². The van der Waals surface area contributed by atoms with Crippen molar-refractivity contribution in [1.82, 2.24) is 9.13 Å². The van der Waals surface area contributed by atoms with Crippen molar-refractivity contribution in [2.45, 2.75) is 13.5 Å². The Morgan fingerprint density at radius 3 is 2.44 bits per heavy atom. The van der Waals surface area contributed by atoms with Gasteiger partial charge in [-0.15, -0.1) is 0 Å². The van der Waals surface area contributed by atoms with Gasteiger partial charge >= 0.3 is 5.82 Å². The van der Waals surface area contributed by atoms with Crippen molar-refractivity contribution in [1.29, 1.82) is 0 Å². The first-order chi connectivity index (χ1) is 12.1. The Labute approximate surface area is 155 Å². The van der Waals surface area contributed by atoms with Gasteiger partial charge in [-0.3, -0.25) is 0 Å². The average Bonchev–Trinajstić information content (AvgIpc) is 3.09. The summed E-state index contributed by atoms with van der Waals surface area (Å²) < 4.78 is 7.52. The van der Waals surface area contributed by atoms with Crippen LogP contribution in [0.1, 0.15) is 18.3 Å². The Bertz CT molecular complexity index is 1150. The molecule has 0 aliphatic rings. The van der Waals surface area contributed by atoms with Gasteiger partial charge in [0, 0.05) is 44.3 Å². The van der Waals surface area contributed by atoms with Gasteiger partial charge in [0.05, 0.1) is 14.1 Å². The van der Waals surface area contributed by atoms with E-state index in [4.69, 9.17) is 0 Å². The molecule has 3 nitrogen and oxygen atoms in total. The van der Waals surface area contributed by atoms with E-state index in [9.17, 15) is 0 Å². The Kier molecular flexibility index (Phi) is 3.89.